The largest absolute Gasteiger partial charge is 0.870 e. The van der Waals surface area contributed by atoms with Gasteiger partial charge >= 0.3 is 5.97 Å². The van der Waals surface area contributed by atoms with Crippen molar-refractivity contribution in [2.75, 3.05) is 0 Å². The lowest BCUT2D eigenvalue weighted by Crippen LogP contribution is -2.04. The van der Waals surface area contributed by atoms with Gasteiger partial charge in [0.25, 0.3) is 0 Å². The fourth-order valence-electron chi connectivity index (χ4n) is 2.58. The van der Waals surface area contributed by atoms with Crippen LogP contribution in [0.15, 0.2) is 63.7 Å². The van der Waals surface area contributed by atoms with Crippen molar-refractivity contribution in [2.45, 2.75) is 19.2 Å². The number of carboxylic acids is 1. The van der Waals surface area contributed by atoms with Crippen LogP contribution in [0.2, 0.25) is 0 Å². The summed E-state index contributed by atoms with van der Waals surface area (Å²) in [5.41, 5.74) is -0.436. The van der Waals surface area contributed by atoms with Crippen LogP contribution in [0.1, 0.15) is 23.3 Å². The van der Waals surface area contributed by atoms with Crippen LogP contribution in [0.3, 0.4) is 0 Å². The van der Waals surface area contributed by atoms with Crippen LogP contribution in [0, 0.1) is 6.92 Å². The lowest BCUT2D eigenvalue weighted by Gasteiger charge is -2.16. The summed E-state index contributed by atoms with van der Waals surface area (Å²) in [5, 5.41) is 30.1. The van der Waals surface area contributed by atoms with Crippen molar-refractivity contribution in [3.63, 3.8) is 0 Å². The van der Waals surface area contributed by atoms with Crippen LogP contribution < -0.4 is 5.11 Å². The summed E-state index contributed by atoms with van der Waals surface area (Å²) in [6.45, 7) is 1.61. The second-order valence-electron chi connectivity index (χ2n) is 5.75. The molecule has 0 unspecified atom stereocenters. The van der Waals surface area contributed by atoms with Gasteiger partial charge < -0.3 is 14.8 Å². The molecule has 3 aromatic rings. The Labute approximate surface area is 161 Å². The summed E-state index contributed by atoms with van der Waals surface area (Å²) in [6.07, 6.45) is 0. The fraction of sp³-hybridized carbons (Fsp3) is 0.105. The summed E-state index contributed by atoms with van der Waals surface area (Å²) in [5.74, 6) is -2.27. The van der Waals surface area contributed by atoms with Crippen molar-refractivity contribution >= 4 is 38.2 Å². The number of nitrogens with zero attached hydrogens (tertiary/aromatic N) is 2. The zero-order valence-electron chi connectivity index (χ0n) is 13.9. The van der Waals surface area contributed by atoms with Crippen molar-refractivity contribution in [1.82, 2.24) is 0 Å². The SMILES string of the molecule is C.Cc1ccc(N=Nc2c([O-])c(C(=O)O)cc3ccccc23)c(S(=O)(=O)[O-])c1. The van der Waals surface area contributed by atoms with Crippen LogP contribution in [0.4, 0.5) is 11.4 Å². The molecule has 8 nitrogen and oxygen atoms in total. The first kappa shape index (κ1) is 21.0. The molecule has 0 aromatic heterocycles. The van der Waals surface area contributed by atoms with Crippen LogP contribution in [-0.4, -0.2) is 24.0 Å². The Kier molecular flexibility index (Phi) is 5.81. The molecular weight excluding hydrogens is 384 g/mol. The zero-order valence-corrected chi connectivity index (χ0v) is 14.7. The molecule has 0 fully saturated rings. The maximum absolute atomic E-state index is 12.5. The molecule has 1 N–H and O–H groups in total. The average Bonchev–Trinajstić information content (AvgIpc) is 2.60. The molecule has 146 valence electrons. The van der Waals surface area contributed by atoms with Gasteiger partial charge in [0.1, 0.15) is 15.8 Å². The van der Waals surface area contributed by atoms with Gasteiger partial charge in [-0.15, -0.1) is 5.11 Å². The average molecular weight is 400 g/mol. The third-order valence-corrected chi connectivity index (χ3v) is 4.71. The van der Waals surface area contributed by atoms with Crippen molar-refractivity contribution in [1.29, 1.82) is 0 Å². The predicted molar refractivity (Wildman–Crippen MR) is 100 cm³/mol. The molecule has 0 saturated heterocycles. The van der Waals surface area contributed by atoms with Gasteiger partial charge in [0, 0.05) is 5.39 Å². The van der Waals surface area contributed by atoms with Crippen LogP contribution in [0.5, 0.6) is 5.75 Å². The number of aromatic carboxylic acids is 1. The van der Waals surface area contributed by atoms with E-state index >= 15 is 0 Å². The number of azo groups is 1. The van der Waals surface area contributed by atoms with Gasteiger partial charge in [-0.1, -0.05) is 43.5 Å². The minimum atomic E-state index is -4.81. The summed E-state index contributed by atoms with van der Waals surface area (Å²) in [4.78, 5) is 10.8. The van der Waals surface area contributed by atoms with Crippen LogP contribution in [0.25, 0.3) is 10.8 Å². The summed E-state index contributed by atoms with van der Waals surface area (Å²) in [6, 6.07) is 11.7. The quantitative estimate of drug-likeness (QED) is 0.520. The van der Waals surface area contributed by atoms with E-state index in [2.05, 4.69) is 10.2 Å². The second kappa shape index (κ2) is 7.75. The Morgan fingerprint density at radius 2 is 1.75 bits per heavy atom. The van der Waals surface area contributed by atoms with Crippen molar-refractivity contribution in [2.24, 2.45) is 10.2 Å². The number of carbonyl (C=O) groups is 1. The molecule has 0 aliphatic rings. The maximum atomic E-state index is 12.5. The number of hydrogen-bond acceptors (Lipinski definition) is 7. The standard InChI is InChI=1S/C18H14N2O6S.CH4/c1-10-6-7-14(15(8-10)27(24,25)26)19-20-16-12-5-3-2-4-11(12)9-13(17(16)21)18(22)23;/h2-9,21H,1H3,(H,22,23)(H,24,25,26);1H4/p-2. The lowest BCUT2D eigenvalue weighted by atomic mass is 10.0. The topological polar surface area (TPSA) is 142 Å². The van der Waals surface area contributed by atoms with E-state index in [1.165, 1.54) is 18.2 Å². The number of benzene rings is 3. The lowest BCUT2D eigenvalue weighted by molar-refractivity contribution is -0.267. The summed E-state index contributed by atoms with van der Waals surface area (Å²) in [7, 11) is -4.81. The van der Waals surface area contributed by atoms with Gasteiger partial charge in [0.15, 0.2) is 0 Å². The van der Waals surface area contributed by atoms with E-state index < -0.39 is 32.3 Å². The predicted octanol–water partition coefficient (Wildman–Crippen LogP) is 3.88. The molecule has 0 atom stereocenters. The molecule has 0 saturated carbocycles. The highest BCUT2D eigenvalue weighted by atomic mass is 32.2. The molecule has 0 radical (unpaired) electrons. The number of carboxylic acid groups (broad SMARTS) is 1. The molecule has 0 bridgehead atoms. The van der Waals surface area contributed by atoms with Gasteiger partial charge in [-0.3, -0.25) is 0 Å². The number of fused-ring (bicyclic) bond motifs is 1. The molecule has 28 heavy (non-hydrogen) atoms. The van der Waals surface area contributed by atoms with Gasteiger partial charge in [-0.05, 0) is 36.1 Å². The Balaban J connectivity index is 0.00000280. The van der Waals surface area contributed by atoms with Crippen molar-refractivity contribution in [3.05, 3.63) is 59.7 Å². The molecule has 3 rings (SSSR count). The zero-order chi connectivity index (χ0) is 19.8. The highest BCUT2D eigenvalue weighted by Crippen LogP contribution is 2.38. The molecule has 3 aromatic carbocycles. The van der Waals surface area contributed by atoms with Crippen LogP contribution in [-0.2, 0) is 10.1 Å². The third-order valence-electron chi connectivity index (χ3n) is 3.85. The van der Waals surface area contributed by atoms with E-state index in [0.717, 1.165) is 6.07 Å². The van der Waals surface area contributed by atoms with E-state index in [9.17, 15) is 28.0 Å². The van der Waals surface area contributed by atoms with E-state index in [4.69, 9.17) is 0 Å². The number of hydrogen-bond donors (Lipinski definition) is 1. The minimum absolute atomic E-state index is 0. The second-order valence-corrected chi connectivity index (χ2v) is 7.10. The number of rotatable bonds is 4. The van der Waals surface area contributed by atoms with Gasteiger partial charge in [-0.2, -0.15) is 5.11 Å². The first-order valence-corrected chi connectivity index (χ1v) is 9.03. The number of aryl methyl sites for hydroxylation is 1. The fourth-order valence-corrected chi connectivity index (χ4v) is 3.27. The Bertz CT molecular complexity index is 1200. The molecule has 0 spiro atoms. The van der Waals surface area contributed by atoms with Crippen molar-refractivity contribution < 1.29 is 28.0 Å². The highest BCUT2D eigenvalue weighted by Gasteiger charge is 2.13. The van der Waals surface area contributed by atoms with Crippen LogP contribution >= 0.6 is 0 Å². The minimum Gasteiger partial charge on any atom is -0.870 e. The van der Waals surface area contributed by atoms with E-state index in [1.54, 1.807) is 31.2 Å². The molecule has 0 amide bonds. The van der Waals surface area contributed by atoms with E-state index in [1.807, 2.05) is 0 Å². The Morgan fingerprint density at radius 3 is 2.39 bits per heavy atom. The van der Waals surface area contributed by atoms with Gasteiger partial charge in [0.2, 0.25) is 0 Å². The molecule has 0 aliphatic heterocycles. The first-order valence-electron chi connectivity index (χ1n) is 7.63. The Hall–Kier alpha value is -3.30. The Morgan fingerprint density at radius 1 is 1.07 bits per heavy atom. The molecule has 0 aliphatic carbocycles. The first-order chi connectivity index (χ1) is 12.7. The third kappa shape index (κ3) is 4.00. The van der Waals surface area contributed by atoms with Crippen molar-refractivity contribution in [3.8, 4) is 5.75 Å². The smallest absolute Gasteiger partial charge is 0.335 e. The van der Waals surface area contributed by atoms with E-state index in [-0.39, 0.29) is 18.8 Å². The van der Waals surface area contributed by atoms with E-state index in [0.29, 0.717) is 16.3 Å². The molecule has 0 heterocycles. The summed E-state index contributed by atoms with van der Waals surface area (Å²) < 4.78 is 34.3. The maximum Gasteiger partial charge on any atom is 0.335 e. The van der Waals surface area contributed by atoms with Gasteiger partial charge in [-0.25, -0.2) is 13.2 Å². The summed E-state index contributed by atoms with van der Waals surface area (Å²) >= 11 is 0. The molecular formula is C19H16N2O6S-2. The highest BCUT2D eigenvalue weighted by molar-refractivity contribution is 7.86. The van der Waals surface area contributed by atoms with Gasteiger partial charge in [0.05, 0.1) is 16.1 Å². The normalized spacial score (nSPS) is 11.5. The monoisotopic (exact) mass is 400 g/mol. The molecule has 9 heteroatoms.